The first-order valence-electron chi connectivity index (χ1n) is 12.1. The van der Waals surface area contributed by atoms with Crippen molar-refractivity contribution in [3.05, 3.63) is 64.2 Å². The van der Waals surface area contributed by atoms with Gasteiger partial charge in [-0.05, 0) is 80.1 Å². The van der Waals surface area contributed by atoms with E-state index < -0.39 is 11.7 Å². The molecule has 2 aromatic carbocycles. The summed E-state index contributed by atoms with van der Waals surface area (Å²) in [5.74, 6) is 0.674. The maximum absolute atomic E-state index is 13.0. The lowest BCUT2D eigenvalue weighted by molar-refractivity contribution is -0.137. The normalized spacial score (nSPS) is 21.0. The third-order valence-electron chi connectivity index (χ3n) is 7.37. The van der Waals surface area contributed by atoms with Gasteiger partial charge in [0.1, 0.15) is 12.4 Å². The standard InChI is InChI=1S/C27H33F3N2O3/c1-18-19(2)25(35-16-15-34-3)12-11-23(18)24-6-4-5-22-17-31(13-14-32(22)24)26(33)20-7-9-21(10-8-20)27(28,29)30/h7-12,22,24H,4-6,13-17H2,1-3H3/t22-,24?/m0/s1. The summed E-state index contributed by atoms with van der Waals surface area (Å²) < 4.78 is 49.6. The Balaban J connectivity index is 1.45. The highest BCUT2D eigenvalue weighted by Gasteiger charge is 2.38. The molecule has 0 saturated carbocycles. The molecule has 2 heterocycles. The molecule has 2 atom stereocenters. The number of hydrogen-bond donors (Lipinski definition) is 0. The minimum atomic E-state index is -4.41. The monoisotopic (exact) mass is 490 g/mol. The van der Waals surface area contributed by atoms with Gasteiger partial charge in [0.25, 0.3) is 5.91 Å². The Hall–Kier alpha value is -2.58. The van der Waals surface area contributed by atoms with Crippen molar-refractivity contribution in [1.29, 1.82) is 0 Å². The molecule has 1 unspecified atom stereocenters. The maximum Gasteiger partial charge on any atom is 0.416 e. The van der Waals surface area contributed by atoms with Crippen LogP contribution in [0, 0.1) is 13.8 Å². The summed E-state index contributed by atoms with van der Waals surface area (Å²) in [6.45, 7) is 7.17. The van der Waals surface area contributed by atoms with Gasteiger partial charge in [-0.2, -0.15) is 13.2 Å². The summed E-state index contributed by atoms with van der Waals surface area (Å²) in [5, 5.41) is 0. The van der Waals surface area contributed by atoms with Gasteiger partial charge >= 0.3 is 6.18 Å². The summed E-state index contributed by atoms with van der Waals surface area (Å²) in [6, 6.07) is 9.25. The fraction of sp³-hybridized carbons (Fsp3) is 0.519. The Labute approximate surface area is 204 Å². The first-order chi connectivity index (χ1) is 16.7. The Morgan fingerprint density at radius 2 is 1.74 bits per heavy atom. The van der Waals surface area contributed by atoms with Gasteiger partial charge in [-0.15, -0.1) is 0 Å². The molecule has 2 saturated heterocycles. The number of carbonyl (C=O) groups is 1. The van der Waals surface area contributed by atoms with Gasteiger partial charge in [0.2, 0.25) is 0 Å². The van der Waals surface area contributed by atoms with E-state index in [1.165, 1.54) is 23.3 Å². The number of ether oxygens (including phenoxy) is 2. The van der Waals surface area contributed by atoms with Gasteiger partial charge in [-0.1, -0.05) is 6.07 Å². The van der Waals surface area contributed by atoms with E-state index >= 15 is 0 Å². The summed E-state index contributed by atoms with van der Waals surface area (Å²) in [5.41, 5.74) is 3.23. The van der Waals surface area contributed by atoms with Crippen molar-refractivity contribution in [1.82, 2.24) is 9.80 Å². The van der Waals surface area contributed by atoms with E-state index in [0.29, 0.717) is 31.9 Å². The molecule has 0 aromatic heterocycles. The lowest BCUT2D eigenvalue weighted by Crippen LogP contribution is -2.57. The highest BCUT2D eigenvalue weighted by atomic mass is 19.4. The van der Waals surface area contributed by atoms with E-state index in [2.05, 4.69) is 24.8 Å². The number of piperazine rings is 1. The Morgan fingerprint density at radius 3 is 2.43 bits per heavy atom. The van der Waals surface area contributed by atoms with Crippen LogP contribution in [0.2, 0.25) is 0 Å². The van der Waals surface area contributed by atoms with Crippen LogP contribution >= 0.6 is 0 Å². The number of hydrogen-bond acceptors (Lipinski definition) is 4. The minimum absolute atomic E-state index is 0.204. The Morgan fingerprint density at radius 1 is 1.00 bits per heavy atom. The molecule has 0 radical (unpaired) electrons. The third-order valence-corrected chi connectivity index (χ3v) is 7.37. The molecule has 190 valence electrons. The molecule has 2 aromatic rings. The lowest BCUT2D eigenvalue weighted by atomic mass is 9.86. The zero-order valence-electron chi connectivity index (χ0n) is 20.5. The van der Waals surface area contributed by atoms with Crippen molar-refractivity contribution in [2.75, 3.05) is 40.0 Å². The van der Waals surface area contributed by atoms with Crippen LogP contribution in [0.1, 0.15) is 57.9 Å². The van der Waals surface area contributed by atoms with E-state index in [-0.39, 0.29) is 18.0 Å². The van der Waals surface area contributed by atoms with Crippen LogP contribution in [0.25, 0.3) is 0 Å². The smallest absolute Gasteiger partial charge is 0.416 e. The van der Waals surface area contributed by atoms with Gasteiger partial charge in [-0.25, -0.2) is 0 Å². The molecule has 4 rings (SSSR count). The van der Waals surface area contributed by atoms with Crippen molar-refractivity contribution in [2.24, 2.45) is 0 Å². The third kappa shape index (κ3) is 5.48. The van der Waals surface area contributed by atoms with Crippen LogP contribution in [-0.2, 0) is 10.9 Å². The molecular weight excluding hydrogens is 457 g/mol. The van der Waals surface area contributed by atoms with Gasteiger partial charge in [-0.3, -0.25) is 9.69 Å². The Bertz CT molecular complexity index is 1040. The van der Waals surface area contributed by atoms with Crippen molar-refractivity contribution in [3.8, 4) is 5.75 Å². The number of methoxy groups -OCH3 is 1. The first-order valence-corrected chi connectivity index (χ1v) is 12.1. The van der Waals surface area contributed by atoms with Crippen LogP contribution in [0.3, 0.4) is 0 Å². The van der Waals surface area contributed by atoms with Crippen molar-refractivity contribution in [2.45, 2.75) is 51.4 Å². The Kier molecular flexibility index (Phi) is 7.71. The summed E-state index contributed by atoms with van der Waals surface area (Å²) in [4.78, 5) is 17.3. The van der Waals surface area contributed by atoms with E-state index in [1.54, 1.807) is 12.0 Å². The van der Waals surface area contributed by atoms with Crippen LogP contribution in [0.15, 0.2) is 36.4 Å². The second-order valence-electron chi connectivity index (χ2n) is 9.41. The van der Waals surface area contributed by atoms with Gasteiger partial charge in [0, 0.05) is 44.4 Å². The summed E-state index contributed by atoms with van der Waals surface area (Å²) in [7, 11) is 1.65. The number of alkyl halides is 3. The molecule has 35 heavy (non-hydrogen) atoms. The van der Waals surface area contributed by atoms with Gasteiger partial charge in [0.15, 0.2) is 0 Å². The van der Waals surface area contributed by atoms with E-state index in [4.69, 9.17) is 9.47 Å². The average Bonchev–Trinajstić information content (AvgIpc) is 2.85. The van der Waals surface area contributed by atoms with Gasteiger partial charge < -0.3 is 14.4 Å². The summed E-state index contributed by atoms with van der Waals surface area (Å²) in [6.07, 6.45) is -1.27. The number of amides is 1. The number of rotatable bonds is 6. The predicted molar refractivity (Wildman–Crippen MR) is 128 cm³/mol. The number of piperidine rings is 1. The highest BCUT2D eigenvalue weighted by molar-refractivity contribution is 5.94. The van der Waals surface area contributed by atoms with Crippen LogP contribution in [-0.4, -0.2) is 61.7 Å². The molecule has 0 N–H and O–H groups in total. The van der Waals surface area contributed by atoms with Crippen molar-refractivity contribution >= 4 is 5.91 Å². The van der Waals surface area contributed by atoms with Crippen molar-refractivity contribution < 1.29 is 27.4 Å². The SMILES string of the molecule is COCCOc1ccc(C2CCC[C@H]3CN(C(=O)c4ccc(C(F)(F)F)cc4)CCN23)c(C)c1C. The number of benzene rings is 2. The molecule has 1 amide bonds. The molecule has 2 fully saturated rings. The second-order valence-corrected chi connectivity index (χ2v) is 9.41. The van der Waals surface area contributed by atoms with Crippen LogP contribution < -0.4 is 4.74 Å². The molecule has 2 aliphatic rings. The highest BCUT2D eigenvalue weighted by Crippen LogP contribution is 2.39. The average molecular weight is 491 g/mol. The molecule has 0 aliphatic carbocycles. The zero-order chi connectivity index (χ0) is 25.2. The second kappa shape index (κ2) is 10.6. The molecule has 5 nitrogen and oxygen atoms in total. The zero-order valence-corrected chi connectivity index (χ0v) is 20.5. The van der Waals surface area contributed by atoms with E-state index in [9.17, 15) is 18.0 Å². The molecular formula is C27H33F3N2O3. The topological polar surface area (TPSA) is 42.0 Å². The lowest BCUT2D eigenvalue weighted by Gasteiger charge is -2.49. The summed E-state index contributed by atoms with van der Waals surface area (Å²) >= 11 is 0. The predicted octanol–water partition coefficient (Wildman–Crippen LogP) is 5.40. The number of halogens is 3. The molecule has 8 heteroatoms. The van der Waals surface area contributed by atoms with E-state index in [1.807, 2.05) is 6.07 Å². The molecule has 0 bridgehead atoms. The number of nitrogens with zero attached hydrogens (tertiary/aromatic N) is 2. The molecule has 2 aliphatic heterocycles. The van der Waals surface area contributed by atoms with Gasteiger partial charge in [0.05, 0.1) is 12.2 Å². The molecule has 0 spiro atoms. The van der Waals surface area contributed by atoms with E-state index in [0.717, 1.165) is 49.3 Å². The fourth-order valence-corrected chi connectivity index (χ4v) is 5.32. The van der Waals surface area contributed by atoms with Crippen LogP contribution in [0.4, 0.5) is 13.2 Å². The quantitative estimate of drug-likeness (QED) is 0.509. The first kappa shape index (κ1) is 25.5. The number of carbonyl (C=O) groups excluding carboxylic acids is 1. The maximum atomic E-state index is 13.0. The number of fused-ring (bicyclic) bond motifs is 1. The fourth-order valence-electron chi connectivity index (χ4n) is 5.32. The van der Waals surface area contributed by atoms with Crippen molar-refractivity contribution in [3.63, 3.8) is 0 Å². The largest absolute Gasteiger partial charge is 0.491 e. The van der Waals surface area contributed by atoms with Crippen LogP contribution in [0.5, 0.6) is 5.75 Å². The minimum Gasteiger partial charge on any atom is -0.491 e.